The summed E-state index contributed by atoms with van der Waals surface area (Å²) in [5.74, 6) is 1.50. The minimum atomic E-state index is -0.0679. The molecule has 114 valence electrons. The first kappa shape index (κ1) is 15.9. The largest absolute Gasteiger partial charge is 0.372 e. The van der Waals surface area contributed by atoms with E-state index in [0.717, 1.165) is 34.5 Å². The van der Waals surface area contributed by atoms with Gasteiger partial charge in [0.15, 0.2) is 5.82 Å². The van der Waals surface area contributed by atoms with Crippen LogP contribution in [0, 0.1) is 0 Å². The Morgan fingerprint density at radius 2 is 2.00 bits per heavy atom. The number of anilines is 1. The number of aryl methyl sites for hydroxylation is 1. The van der Waals surface area contributed by atoms with E-state index in [4.69, 9.17) is 4.98 Å². The number of rotatable bonds is 4. The summed E-state index contributed by atoms with van der Waals surface area (Å²) in [6.07, 6.45) is 4.88. The number of hydrogen-bond donors (Lipinski definition) is 1. The third-order valence-electron chi connectivity index (χ3n) is 3.14. The molecule has 0 bridgehead atoms. The molecule has 0 amide bonds. The molecule has 0 atom stereocenters. The molecule has 1 N–H and O–H groups in total. The van der Waals surface area contributed by atoms with Gasteiger partial charge in [-0.05, 0) is 22.4 Å². The predicted octanol–water partition coefficient (Wildman–Crippen LogP) is 3.85. The van der Waals surface area contributed by atoms with Gasteiger partial charge in [-0.25, -0.2) is 9.97 Å². The van der Waals surface area contributed by atoms with Crippen LogP contribution in [0.15, 0.2) is 16.9 Å². The number of aromatic nitrogens is 4. The third-order valence-corrected chi connectivity index (χ3v) is 3.89. The second-order valence-corrected chi connectivity index (χ2v) is 6.84. The molecule has 21 heavy (non-hydrogen) atoms. The van der Waals surface area contributed by atoms with Gasteiger partial charge in [0.25, 0.3) is 0 Å². The van der Waals surface area contributed by atoms with Crippen LogP contribution in [0.25, 0.3) is 11.4 Å². The Bertz CT molecular complexity index is 627. The molecule has 0 radical (unpaired) electrons. The van der Waals surface area contributed by atoms with E-state index < -0.39 is 0 Å². The van der Waals surface area contributed by atoms with Gasteiger partial charge < -0.3 is 5.32 Å². The van der Waals surface area contributed by atoms with Crippen molar-refractivity contribution in [1.29, 1.82) is 0 Å². The minimum Gasteiger partial charge on any atom is -0.372 e. The lowest BCUT2D eigenvalue weighted by molar-refractivity contribution is 0.564. The highest BCUT2D eigenvalue weighted by atomic mass is 79.9. The van der Waals surface area contributed by atoms with Crippen LogP contribution in [0.5, 0.6) is 0 Å². The fourth-order valence-corrected chi connectivity index (χ4v) is 3.04. The van der Waals surface area contributed by atoms with Crippen molar-refractivity contribution in [3.8, 4) is 11.4 Å². The minimum absolute atomic E-state index is 0.0679. The van der Waals surface area contributed by atoms with E-state index in [-0.39, 0.29) is 5.41 Å². The van der Waals surface area contributed by atoms with Crippen LogP contribution in [0.1, 0.15) is 39.8 Å². The van der Waals surface area contributed by atoms with Crippen molar-refractivity contribution in [2.45, 2.75) is 46.1 Å². The first-order valence-electron chi connectivity index (χ1n) is 7.15. The summed E-state index contributed by atoms with van der Waals surface area (Å²) < 4.78 is 2.85. The van der Waals surface area contributed by atoms with Gasteiger partial charge in [-0.2, -0.15) is 5.10 Å². The van der Waals surface area contributed by atoms with E-state index in [1.807, 2.05) is 24.1 Å². The van der Waals surface area contributed by atoms with Gasteiger partial charge >= 0.3 is 0 Å². The van der Waals surface area contributed by atoms with Crippen LogP contribution in [-0.2, 0) is 12.0 Å². The first-order chi connectivity index (χ1) is 9.86. The molecule has 0 aliphatic carbocycles. The predicted molar refractivity (Wildman–Crippen MR) is 89.5 cm³/mol. The second kappa shape index (κ2) is 6.13. The fourth-order valence-electron chi connectivity index (χ4n) is 2.07. The molecule has 2 rings (SSSR count). The van der Waals surface area contributed by atoms with Crippen LogP contribution in [0.3, 0.4) is 0 Å². The molecule has 0 unspecified atom stereocenters. The Kier molecular flexibility index (Phi) is 4.66. The maximum atomic E-state index is 4.74. The van der Waals surface area contributed by atoms with Gasteiger partial charge in [0.2, 0.25) is 0 Å². The summed E-state index contributed by atoms with van der Waals surface area (Å²) >= 11 is 3.61. The normalized spacial score (nSPS) is 11.7. The molecule has 0 saturated heterocycles. The van der Waals surface area contributed by atoms with E-state index in [0.29, 0.717) is 5.82 Å². The van der Waals surface area contributed by atoms with Gasteiger partial charge in [0.1, 0.15) is 5.82 Å². The molecular weight excluding hydrogens is 330 g/mol. The molecular formula is C15H22BrN5. The molecule has 6 heteroatoms. The quantitative estimate of drug-likeness (QED) is 0.908. The molecule has 2 aromatic rings. The van der Waals surface area contributed by atoms with E-state index in [2.05, 4.69) is 59.0 Å². The molecule has 0 saturated carbocycles. The fraction of sp³-hybridized carbons (Fsp3) is 0.533. The monoisotopic (exact) mass is 351 g/mol. The van der Waals surface area contributed by atoms with Crippen molar-refractivity contribution in [2.24, 2.45) is 0 Å². The van der Waals surface area contributed by atoms with E-state index >= 15 is 0 Å². The van der Waals surface area contributed by atoms with Gasteiger partial charge in [0.05, 0.1) is 21.9 Å². The Hall–Kier alpha value is -1.43. The second-order valence-electron chi connectivity index (χ2n) is 6.05. The van der Waals surface area contributed by atoms with E-state index in [1.165, 1.54) is 0 Å². The average molecular weight is 352 g/mol. The lowest BCUT2D eigenvalue weighted by Gasteiger charge is -2.21. The Labute approximate surface area is 134 Å². The number of nitrogens with zero attached hydrogens (tertiary/aromatic N) is 4. The van der Waals surface area contributed by atoms with Crippen molar-refractivity contribution in [3.63, 3.8) is 0 Å². The van der Waals surface area contributed by atoms with E-state index in [1.54, 1.807) is 0 Å². The zero-order valence-corrected chi connectivity index (χ0v) is 14.8. The van der Waals surface area contributed by atoms with Crippen molar-refractivity contribution in [3.05, 3.63) is 22.6 Å². The van der Waals surface area contributed by atoms with Crippen LogP contribution in [0.4, 0.5) is 5.82 Å². The molecule has 0 fully saturated rings. The zero-order chi connectivity index (χ0) is 15.6. The van der Waals surface area contributed by atoms with Crippen LogP contribution in [-0.4, -0.2) is 26.8 Å². The highest BCUT2D eigenvalue weighted by Crippen LogP contribution is 2.34. The molecule has 2 aromatic heterocycles. The molecule has 0 aliphatic heterocycles. The number of halogens is 1. The van der Waals surface area contributed by atoms with E-state index in [9.17, 15) is 0 Å². The Morgan fingerprint density at radius 1 is 1.29 bits per heavy atom. The highest BCUT2D eigenvalue weighted by molar-refractivity contribution is 9.10. The standard InChI is InChI=1S/C15H22BrN5/c1-6-7-21-9-10(8-18-21)13-19-12(15(2,3)4)11(16)14(17-5)20-13/h8-9H,6-7H2,1-5H3,(H,17,19,20). The molecule has 0 aliphatic rings. The lowest BCUT2D eigenvalue weighted by atomic mass is 9.92. The molecule has 5 nitrogen and oxygen atoms in total. The third kappa shape index (κ3) is 3.43. The average Bonchev–Trinajstić information content (AvgIpc) is 2.86. The SMILES string of the molecule is CCCn1cc(-c2nc(NC)c(Br)c(C(C)(C)C)n2)cn1. The summed E-state index contributed by atoms with van der Waals surface area (Å²) in [4.78, 5) is 9.33. The van der Waals surface area contributed by atoms with Crippen molar-refractivity contribution in [2.75, 3.05) is 12.4 Å². The summed E-state index contributed by atoms with van der Waals surface area (Å²) in [5, 5.41) is 7.48. The number of nitrogens with one attached hydrogen (secondary N) is 1. The van der Waals surface area contributed by atoms with Gasteiger partial charge in [0, 0.05) is 25.2 Å². The first-order valence-corrected chi connectivity index (χ1v) is 7.94. The zero-order valence-electron chi connectivity index (χ0n) is 13.2. The maximum absolute atomic E-state index is 4.74. The molecule has 0 aromatic carbocycles. The smallest absolute Gasteiger partial charge is 0.165 e. The topological polar surface area (TPSA) is 55.6 Å². The summed E-state index contributed by atoms with van der Waals surface area (Å²) in [6.45, 7) is 9.47. The van der Waals surface area contributed by atoms with Crippen LogP contribution >= 0.6 is 15.9 Å². The molecule has 2 heterocycles. The summed E-state index contributed by atoms with van der Waals surface area (Å²) in [7, 11) is 1.86. The van der Waals surface area contributed by atoms with Crippen molar-refractivity contribution in [1.82, 2.24) is 19.7 Å². The van der Waals surface area contributed by atoms with Crippen LogP contribution in [0.2, 0.25) is 0 Å². The highest BCUT2D eigenvalue weighted by Gasteiger charge is 2.23. The number of hydrogen-bond acceptors (Lipinski definition) is 4. The van der Waals surface area contributed by atoms with Gasteiger partial charge in [-0.3, -0.25) is 4.68 Å². The van der Waals surface area contributed by atoms with Gasteiger partial charge in [-0.1, -0.05) is 27.7 Å². The Morgan fingerprint density at radius 3 is 2.57 bits per heavy atom. The summed E-state index contributed by atoms with van der Waals surface area (Å²) in [6, 6.07) is 0. The van der Waals surface area contributed by atoms with Crippen molar-refractivity contribution >= 4 is 21.7 Å². The van der Waals surface area contributed by atoms with Crippen molar-refractivity contribution < 1.29 is 0 Å². The van der Waals surface area contributed by atoms with Crippen LogP contribution < -0.4 is 5.32 Å². The summed E-state index contributed by atoms with van der Waals surface area (Å²) in [5.41, 5.74) is 1.86. The van der Waals surface area contributed by atoms with Gasteiger partial charge in [-0.15, -0.1) is 0 Å². The molecule has 0 spiro atoms. The lowest BCUT2D eigenvalue weighted by Crippen LogP contribution is -2.17. The Balaban J connectivity index is 2.53. The maximum Gasteiger partial charge on any atom is 0.165 e.